The van der Waals surface area contributed by atoms with Gasteiger partial charge in [0.25, 0.3) is 5.56 Å². The number of aryl methyl sites for hydroxylation is 1. The van der Waals surface area contributed by atoms with Crippen LogP contribution >= 0.6 is 11.3 Å². The van der Waals surface area contributed by atoms with Gasteiger partial charge in [-0.05, 0) is 42.6 Å². The number of ether oxygens (including phenoxy) is 2. The molecule has 5 heterocycles. The highest BCUT2D eigenvalue weighted by Crippen LogP contribution is 2.47. The highest BCUT2D eigenvalue weighted by molar-refractivity contribution is 7.18. The minimum absolute atomic E-state index is 0.00256. The average molecular weight is 669 g/mol. The monoisotopic (exact) mass is 668 g/mol. The molecule has 10 nitrogen and oxygen atoms in total. The number of benzene rings is 2. The number of hydrogen-bond donors (Lipinski definition) is 0. The maximum Gasteiger partial charge on any atom is 0.274 e. The molecular weight excluding hydrogens is 638 g/mol. The molecule has 1 aliphatic heterocycles. The smallest absolute Gasteiger partial charge is 0.274 e. The molecule has 0 saturated carbocycles. The molecule has 2 aromatic carbocycles. The summed E-state index contributed by atoms with van der Waals surface area (Å²) in [6.07, 6.45) is 2.91. The molecule has 0 radical (unpaired) electrons. The number of hydrogen-bond acceptors (Lipinski definition) is 8. The van der Waals surface area contributed by atoms with Gasteiger partial charge in [-0.25, -0.2) is 18.4 Å². The Morgan fingerprint density at radius 2 is 1.92 bits per heavy atom. The van der Waals surface area contributed by atoms with Crippen LogP contribution in [0.4, 0.5) is 8.78 Å². The lowest BCUT2D eigenvalue weighted by Gasteiger charge is -2.33. The largest absolute Gasteiger partial charge is 0.490 e. The molecule has 13 heteroatoms. The number of amides is 1. The second kappa shape index (κ2) is 12.4. The van der Waals surface area contributed by atoms with Crippen LogP contribution in [0.1, 0.15) is 18.7 Å². The number of carbonyl (C=O) groups excluding carboxylic acids is 1. The van der Waals surface area contributed by atoms with Gasteiger partial charge in [-0.3, -0.25) is 14.3 Å². The van der Waals surface area contributed by atoms with Gasteiger partial charge < -0.3 is 14.4 Å². The first kappa shape index (κ1) is 31.3. The van der Waals surface area contributed by atoms with Crippen molar-refractivity contribution in [2.24, 2.45) is 7.05 Å². The topological polar surface area (TPSA) is 104 Å². The lowest BCUT2D eigenvalue weighted by atomic mass is 9.96. The van der Waals surface area contributed by atoms with E-state index in [-0.39, 0.29) is 42.0 Å². The molecule has 4 aromatic heterocycles. The second-order valence-electron chi connectivity index (χ2n) is 11.4. The summed E-state index contributed by atoms with van der Waals surface area (Å²) < 4.78 is 45.5. The molecule has 48 heavy (non-hydrogen) atoms. The van der Waals surface area contributed by atoms with Crippen molar-refractivity contribution in [1.29, 1.82) is 0 Å². The van der Waals surface area contributed by atoms with E-state index in [1.165, 1.54) is 29.2 Å². The van der Waals surface area contributed by atoms with Crippen molar-refractivity contribution in [1.82, 2.24) is 29.4 Å². The van der Waals surface area contributed by atoms with Gasteiger partial charge in [-0.1, -0.05) is 12.6 Å². The van der Waals surface area contributed by atoms with Crippen LogP contribution < -0.4 is 10.3 Å². The first-order chi connectivity index (χ1) is 23.2. The van der Waals surface area contributed by atoms with E-state index in [1.807, 2.05) is 41.3 Å². The number of rotatable bonds is 8. The van der Waals surface area contributed by atoms with Crippen LogP contribution in [0.25, 0.3) is 54.6 Å². The fraction of sp³-hybridized carbons (Fsp3) is 0.229. The van der Waals surface area contributed by atoms with Crippen molar-refractivity contribution in [2.45, 2.75) is 19.5 Å². The summed E-state index contributed by atoms with van der Waals surface area (Å²) in [7, 11) is 3.11. The van der Waals surface area contributed by atoms with Crippen molar-refractivity contribution in [3.63, 3.8) is 0 Å². The average Bonchev–Trinajstić information content (AvgIpc) is 3.74. The number of fused-ring (bicyclic) bond motifs is 3. The maximum atomic E-state index is 16.1. The van der Waals surface area contributed by atoms with Crippen molar-refractivity contribution in [2.75, 3.05) is 26.9 Å². The zero-order valence-corrected chi connectivity index (χ0v) is 27.2. The number of pyridine rings is 1. The Balaban J connectivity index is 1.51. The third-order valence-electron chi connectivity index (χ3n) is 8.60. The quantitative estimate of drug-likeness (QED) is 0.142. The van der Waals surface area contributed by atoms with E-state index in [4.69, 9.17) is 19.6 Å². The molecule has 0 bridgehead atoms. The van der Waals surface area contributed by atoms with Gasteiger partial charge in [0.05, 0.1) is 47.7 Å². The first-order valence-corrected chi connectivity index (χ1v) is 16.1. The summed E-state index contributed by atoms with van der Waals surface area (Å²) >= 11 is 1.38. The molecule has 244 valence electrons. The highest BCUT2D eigenvalue weighted by atomic mass is 32.1. The van der Waals surface area contributed by atoms with E-state index in [9.17, 15) is 14.0 Å². The van der Waals surface area contributed by atoms with Crippen LogP contribution in [0.3, 0.4) is 0 Å². The van der Waals surface area contributed by atoms with E-state index in [0.29, 0.717) is 56.8 Å². The number of halogens is 2. The van der Waals surface area contributed by atoms with Gasteiger partial charge in [0.15, 0.2) is 0 Å². The van der Waals surface area contributed by atoms with Gasteiger partial charge in [0.1, 0.15) is 35.4 Å². The number of methoxy groups -OCH3 is 1. The normalized spacial score (nSPS) is 14.4. The zero-order valence-electron chi connectivity index (χ0n) is 26.4. The lowest BCUT2D eigenvalue weighted by molar-refractivity contribution is -0.129. The number of nitrogens with zero attached hydrogens (tertiary/aromatic N) is 6. The highest BCUT2D eigenvalue weighted by Gasteiger charge is 2.31. The van der Waals surface area contributed by atoms with Crippen LogP contribution in [0, 0.1) is 11.6 Å². The van der Waals surface area contributed by atoms with E-state index in [2.05, 4.69) is 11.7 Å². The zero-order chi connectivity index (χ0) is 33.7. The minimum Gasteiger partial charge on any atom is -0.490 e. The SMILES string of the molecule is C=CC(=O)N1CCn2nc(-c3nc(-c4ccc5c(=O)n(C)ncc5c4)c4ccsc4c3-c3c(F)cc(F)cc3OCCOC)cc2C1C. The molecule has 6 aromatic rings. The molecule has 0 saturated heterocycles. The predicted molar refractivity (Wildman–Crippen MR) is 180 cm³/mol. The lowest BCUT2D eigenvalue weighted by Crippen LogP contribution is -2.40. The second-order valence-corrected chi connectivity index (χ2v) is 12.3. The third kappa shape index (κ3) is 5.24. The number of carbonyl (C=O) groups is 1. The van der Waals surface area contributed by atoms with Crippen molar-refractivity contribution in [3.05, 3.63) is 94.4 Å². The van der Waals surface area contributed by atoms with Crippen LogP contribution in [0.2, 0.25) is 0 Å². The molecule has 1 aliphatic rings. The van der Waals surface area contributed by atoms with Gasteiger partial charge in [-0.2, -0.15) is 10.2 Å². The fourth-order valence-corrected chi connectivity index (χ4v) is 7.18. The Morgan fingerprint density at radius 1 is 1.08 bits per heavy atom. The molecule has 0 aliphatic carbocycles. The summed E-state index contributed by atoms with van der Waals surface area (Å²) in [6, 6.07) is 10.8. The van der Waals surface area contributed by atoms with Crippen LogP contribution in [-0.2, 0) is 23.1 Å². The summed E-state index contributed by atoms with van der Waals surface area (Å²) in [5.74, 6) is -1.79. The van der Waals surface area contributed by atoms with E-state index < -0.39 is 11.6 Å². The Hall–Kier alpha value is -5.27. The van der Waals surface area contributed by atoms with Gasteiger partial charge in [0, 0.05) is 59.4 Å². The summed E-state index contributed by atoms with van der Waals surface area (Å²) in [5.41, 5.74) is 3.08. The summed E-state index contributed by atoms with van der Waals surface area (Å²) in [5, 5.41) is 12.9. The molecular formula is C35H30F2N6O4S. The molecule has 1 amide bonds. The summed E-state index contributed by atoms with van der Waals surface area (Å²) in [4.78, 5) is 32.2. The minimum atomic E-state index is -0.819. The first-order valence-electron chi connectivity index (χ1n) is 15.2. The molecule has 7 rings (SSSR count). The third-order valence-corrected chi connectivity index (χ3v) is 9.53. The fourth-order valence-electron chi connectivity index (χ4n) is 6.23. The van der Waals surface area contributed by atoms with Crippen LogP contribution in [-0.4, -0.2) is 62.2 Å². The van der Waals surface area contributed by atoms with Gasteiger partial charge >= 0.3 is 0 Å². The molecule has 1 unspecified atom stereocenters. The number of thiophene rings is 1. The Bertz CT molecular complexity index is 2310. The summed E-state index contributed by atoms with van der Waals surface area (Å²) in [6.45, 7) is 6.69. The molecule has 0 spiro atoms. The van der Waals surface area contributed by atoms with E-state index in [0.717, 1.165) is 23.2 Å². The van der Waals surface area contributed by atoms with E-state index in [1.54, 1.807) is 24.2 Å². The van der Waals surface area contributed by atoms with E-state index >= 15 is 4.39 Å². The number of aromatic nitrogens is 5. The Labute approximate surface area is 277 Å². The van der Waals surface area contributed by atoms with Crippen molar-refractivity contribution < 1.29 is 23.0 Å². The maximum absolute atomic E-state index is 16.1. The molecule has 0 fully saturated rings. The standard InChI is InChI=1S/C35H30F2N6O4S/c1-5-29(44)42-9-10-43-27(19(42)2)17-26(40-43)33-31(30-25(37)15-22(36)16-28(30)47-12-11-46-4)34-24(8-13-48-34)32(39-33)20-6-7-23-21(14-20)18-38-41(3)35(23)45/h5-8,13-19H,1,9-12H2,2-4H3. The van der Waals surface area contributed by atoms with Crippen LogP contribution in [0.5, 0.6) is 5.75 Å². The van der Waals surface area contributed by atoms with Gasteiger partial charge in [-0.15, -0.1) is 11.3 Å². The Morgan fingerprint density at radius 3 is 2.71 bits per heavy atom. The Kier molecular flexibility index (Phi) is 8.09. The molecule has 0 N–H and O–H groups in total. The van der Waals surface area contributed by atoms with Crippen molar-refractivity contribution >= 4 is 38.1 Å². The van der Waals surface area contributed by atoms with Crippen molar-refractivity contribution in [3.8, 4) is 39.5 Å². The van der Waals surface area contributed by atoms with Gasteiger partial charge in [0.2, 0.25) is 5.91 Å². The molecule has 1 atom stereocenters. The van der Waals surface area contributed by atoms with Crippen LogP contribution in [0.15, 0.2) is 71.5 Å². The predicted octanol–water partition coefficient (Wildman–Crippen LogP) is 6.13.